The summed E-state index contributed by atoms with van der Waals surface area (Å²) in [5.74, 6) is -0.553. The molecule has 0 bridgehead atoms. The van der Waals surface area contributed by atoms with Crippen LogP contribution in [0.5, 0.6) is 0 Å². The van der Waals surface area contributed by atoms with E-state index < -0.39 is 22.2 Å². The van der Waals surface area contributed by atoms with E-state index in [9.17, 15) is 4.79 Å². The van der Waals surface area contributed by atoms with Crippen LogP contribution in [0.25, 0.3) is 0 Å². The molecule has 1 heterocycles. The Kier molecular flexibility index (Phi) is 3.31. The van der Waals surface area contributed by atoms with E-state index in [1.165, 1.54) is 0 Å². The van der Waals surface area contributed by atoms with Crippen molar-refractivity contribution in [3.8, 4) is 0 Å². The van der Waals surface area contributed by atoms with Crippen molar-refractivity contribution in [1.29, 1.82) is 0 Å². The molecule has 1 aromatic carbocycles. The van der Waals surface area contributed by atoms with Gasteiger partial charge in [0.1, 0.15) is 0 Å². The van der Waals surface area contributed by atoms with Gasteiger partial charge in [-0.25, -0.2) is 4.79 Å². The van der Waals surface area contributed by atoms with Crippen LogP contribution >= 0.6 is 34.8 Å². The van der Waals surface area contributed by atoms with Crippen LogP contribution in [0.15, 0.2) is 30.3 Å². The lowest BCUT2D eigenvalue weighted by Gasteiger charge is -2.16. The molecule has 86 valence electrons. The number of hydrogen-bond acceptors (Lipinski definition) is 3. The molecule has 0 aromatic heterocycles. The number of ether oxygens (including phenoxy) is 2. The van der Waals surface area contributed by atoms with Crippen molar-refractivity contribution in [1.82, 2.24) is 0 Å². The van der Waals surface area contributed by atoms with Crippen molar-refractivity contribution < 1.29 is 14.3 Å². The molecule has 16 heavy (non-hydrogen) atoms. The van der Waals surface area contributed by atoms with Gasteiger partial charge in [-0.15, -0.1) is 0 Å². The average Bonchev–Trinajstić information content (AvgIpc) is 2.61. The fourth-order valence-corrected chi connectivity index (χ4v) is 1.65. The number of carbonyl (C=O) groups is 1. The molecule has 6 heteroatoms. The minimum Gasteiger partial charge on any atom is -0.429 e. The van der Waals surface area contributed by atoms with E-state index in [2.05, 4.69) is 0 Å². The zero-order chi connectivity index (χ0) is 11.8. The van der Waals surface area contributed by atoms with E-state index in [0.717, 1.165) is 0 Å². The Hall–Kier alpha value is -0.480. The van der Waals surface area contributed by atoms with Gasteiger partial charge in [0.2, 0.25) is 0 Å². The predicted octanol–water partition coefficient (Wildman–Crippen LogP) is 3.00. The number of cyclic esters (lactones) is 1. The average molecular weight is 282 g/mol. The van der Waals surface area contributed by atoms with E-state index >= 15 is 0 Å². The molecule has 2 unspecified atom stereocenters. The number of rotatable bonds is 1. The zero-order valence-electron chi connectivity index (χ0n) is 7.90. The third-order valence-electron chi connectivity index (χ3n) is 2.07. The van der Waals surface area contributed by atoms with Crippen molar-refractivity contribution in [3.05, 3.63) is 35.9 Å². The third kappa shape index (κ3) is 2.43. The van der Waals surface area contributed by atoms with Crippen LogP contribution in [0.4, 0.5) is 0 Å². The maximum atomic E-state index is 11.5. The molecule has 0 aliphatic carbocycles. The van der Waals surface area contributed by atoms with Gasteiger partial charge >= 0.3 is 5.97 Å². The quantitative estimate of drug-likeness (QED) is 0.586. The summed E-state index contributed by atoms with van der Waals surface area (Å²) in [5, 5.41) is 0. The molecule has 1 fully saturated rings. The Morgan fingerprint density at radius 2 is 1.75 bits per heavy atom. The van der Waals surface area contributed by atoms with Gasteiger partial charge in [-0.3, -0.25) is 0 Å². The van der Waals surface area contributed by atoms with Crippen molar-refractivity contribution in [2.24, 2.45) is 0 Å². The minimum absolute atomic E-state index is 0.553. The molecular formula is C10H7Cl3O3. The molecule has 0 saturated carbocycles. The zero-order valence-corrected chi connectivity index (χ0v) is 10.2. The summed E-state index contributed by atoms with van der Waals surface area (Å²) >= 11 is 16.8. The van der Waals surface area contributed by atoms with E-state index in [1.54, 1.807) is 24.3 Å². The third-order valence-corrected chi connectivity index (χ3v) is 2.60. The first-order chi connectivity index (χ1) is 7.48. The largest absolute Gasteiger partial charge is 0.429 e. The van der Waals surface area contributed by atoms with Crippen LogP contribution in [-0.4, -0.2) is 16.1 Å². The second-order valence-corrected chi connectivity index (χ2v) is 5.61. The van der Waals surface area contributed by atoms with Crippen LogP contribution < -0.4 is 0 Å². The topological polar surface area (TPSA) is 35.5 Å². The summed E-state index contributed by atoms with van der Waals surface area (Å²) in [6.45, 7) is 0. The Morgan fingerprint density at radius 1 is 1.12 bits per heavy atom. The van der Waals surface area contributed by atoms with Gasteiger partial charge in [-0.1, -0.05) is 65.1 Å². The van der Waals surface area contributed by atoms with Gasteiger partial charge < -0.3 is 9.47 Å². The predicted molar refractivity (Wildman–Crippen MR) is 60.4 cm³/mol. The molecule has 3 nitrogen and oxygen atoms in total. The Bertz CT molecular complexity index is 388. The molecule has 0 radical (unpaired) electrons. The first kappa shape index (κ1) is 12.0. The molecule has 0 N–H and O–H groups in total. The Labute approximate surface area is 107 Å². The lowest BCUT2D eigenvalue weighted by atomic mass is 10.1. The SMILES string of the molecule is O=C1OC(C(Cl)(Cl)Cl)OC1c1ccccc1. The van der Waals surface area contributed by atoms with Crippen LogP contribution in [0.2, 0.25) is 0 Å². The van der Waals surface area contributed by atoms with Gasteiger partial charge in [0, 0.05) is 0 Å². The van der Waals surface area contributed by atoms with E-state index in [1.807, 2.05) is 6.07 Å². The smallest absolute Gasteiger partial charge is 0.342 e. The van der Waals surface area contributed by atoms with Gasteiger partial charge in [-0.05, 0) is 5.56 Å². The first-order valence-electron chi connectivity index (χ1n) is 4.46. The van der Waals surface area contributed by atoms with Crippen molar-refractivity contribution in [2.75, 3.05) is 0 Å². The number of carbonyl (C=O) groups excluding carboxylic acids is 1. The number of halogens is 3. The van der Waals surface area contributed by atoms with Crippen LogP contribution in [-0.2, 0) is 14.3 Å². The number of hydrogen-bond donors (Lipinski definition) is 0. The second kappa shape index (κ2) is 4.41. The monoisotopic (exact) mass is 280 g/mol. The first-order valence-corrected chi connectivity index (χ1v) is 5.59. The summed E-state index contributed by atoms with van der Waals surface area (Å²) in [6, 6.07) is 8.89. The summed E-state index contributed by atoms with van der Waals surface area (Å²) < 4.78 is 8.31. The van der Waals surface area contributed by atoms with Crippen LogP contribution in [0.3, 0.4) is 0 Å². The number of alkyl halides is 3. The van der Waals surface area contributed by atoms with Gasteiger partial charge in [0.15, 0.2) is 6.10 Å². The van der Waals surface area contributed by atoms with Gasteiger partial charge in [-0.2, -0.15) is 0 Å². The van der Waals surface area contributed by atoms with E-state index in [4.69, 9.17) is 44.3 Å². The number of benzene rings is 1. The van der Waals surface area contributed by atoms with Crippen LogP contribution in [0, 0.1) is 0 Å². The maximum absolute atomic E-state index is 11.5. The lowest BCUT2D eigenvalue weighted by Crippen LogP contribution is -2.26. The molecule has 1 aromatic rings. The Balaban J connectivity index is 2.18. The highest BCUT2D eigenvalue weighted by Crippen LogP contribution is 2.40. The number of esters is 1. The molecule has 2 rings (SSSR count). The molecule has 1 aliphatic rings. The molecule has 1 saturated heterocycles. The molecule has 0 spiro atoms. The minimum atomic E-state index is -1.78. The van der Waals surface area contributed by atoms with Crippen molar-refractivity contribution in [2.45, 2.75) is 16.2 Å². The van der Waals surface area contributed by atoms with Crippen molar-refractivity contribution in [3.63, 3.8) is 0 Å². The summed E-state index contributed by atoms with van der Waals surface area (Å²) in [4.78, 5) is 11.5. The van der Waals surface area contributed by atoms with Crippen molar-refractivity contribution >= 4 is 40.8 Å². The highest BCUT2D eigenvalue weighted by atomic mass is 35.6. The van der Waals surface area contributed by atoms with Gasteiger partial charge in [0.25, 0.3) is 10.1 Å². The summed E-state index contributed by atoms with van der Waals surface area (Å²) in [5.41, 5.74) is 0.671. The summed E-state index contributed by atoms with van der Waals surface area (Å²) in [7, 11) is 0. The molecular weight excluding hydrogens is 274 g/mol. The highest BCUT2D eigenvalue weighted by molar-refractivity contribution is 6.68. The second-order valence-electron chi connectivity index (χ2n) is 3.24. The molecule has 0 amide bonds. The Morgan fingerprint density at radius 3 is 2.25 bits per heavy atom. The fourth-order valence-electron chi connectivity index (χ4n) is 1.36. The molecule has 2 atom stereocenters. The summed E-state index contributed by atoms with van der Waals surface area (Å²) in [6.07, 6.45) is -2.00. The lowest BCUT2D eigenvalue weighted by molar-refractivity contribution is -0.143. The molecule has 1 aliphatic heterocycles. The van der Waals surface area contributed by atoms with E-state index in [-0.39, 0.29) is 0 Å². The van der Waals surface area contributed by atoms with E-state index in [0.29, 0.717) is 5.56 Å². The normalized spacial score (nSPS) is 25.6. The fraction of sp³-hybridized carbons (Fsp3) is 0.300. The maximum Gasteiger partial charge on any atom is 0.342 e. The van der Waals surface area contributed by atoms with Crippen LogP contribution in [0.1, 0.15) is 11.7 Å². The highest BCUT2D eigenvalue weighted by Gasteiger charge is 2.47. The standard InChI is InChI=1S/C10H7Cl3O3/c11-10(12,13)9-15-7(8(14)16-9)6-4-2-1-3-5-6/h1-5,7,9H. The van der Waals surface area contributed by atoms with Gasteiger partial charge in [0.05, 0.1) is 0 Å².